The van der Waals surface area contributed by atoms with Crippen molar-refractivity contribution in [1.29, 1.82) is 0 Å². The van der Waals surface area contributed by atoms with E-state index in [4.69, 9.17) is 9.47 Å². The molecule has 1 unspecified atom stereocenters. The maximum Gasteiger partial charge on any atom is 0.262 e. The third-order valence-corrected chi connectivity index (χ3v) is 4.62. The average Bonchev–Trinajstić information content (AvgIpc) is 3.26. The van der Waals surface area contributed by atoms with Crippen LogP contribution in [0.3, 0.4) is 0 Å². The monoisotopic (exact) mass is 345 g/mol. The Bertz CT molecular complexity index is 798. The first-order chi connectivity index (χ1) is 11.7. The molecular formula is C16H15N3O4S. The second kappa shape index (κ2) is 6.21. The van der Waals surface area contributed by atoms with Crippen molar-refractivity contribution in [2.45, 2.75) is 18.9 Å². The predicted molar refractivity (Wildman–Crippen MR) is 89.3 cm³/mol. The Hall–Kier alpha value is -2.45. The normalized spacial score (nSPS) is 19.3. The molecule has 4 rings (SSSR count). The third-order valence-electron chi connectivity index (χ3n) is 3.86. The van der Waals surface area contributed by atoms with E-state index in [1.54, 1.807) is 6.07 Å². The van der Waals surface area contributed by atoms with Crippen LogP contribution in [0, 0.1) is 0 Å². The summed E-state index contributed by atoms with van der Waals surface area (Å²) in [6.45, 7) is 0.659. The van der Waals surface area contributed by atoms with Gasteiger partial charge in [0.05, 0.1) is 11.4 Å². The summed E-state index contributed by atoms with van der Waals surface area (Å²) in [6.07, 6.45) is 1.27. The number of ether oxygens (including phenoxy) is 2. The lowest BCUT2D eigenvalue weighted by Crippen LogP contribution is -2.26. The average molecular weight is 345 g/mol. The molecule has 2 N–H and O–H groups in total. The largest absolute Gasteiger partial charge is 0.482 e. The Morgan fingerprint density at radius 1 is 1.42 bits per heavy atom. The van der Waals surface area contributed by atoms with Crippen molar-refractivity contribution in [2.24, 2.45) is 0 Å². The molecule has 124 valence electrons. The van der Waals surface area contributed by atoms with Gasteiger partial charge in [-0.1, -0.05) is 0 Å². The van der Waals surface area contributed by atoms with Crippen LogP contribution in [0.25, 0.3) is 11.3 Å². The number of hydrogen-bond acceptors (Lipinski definition) is 6. The van der Waals surface area contributed by atoms with Crippen LogP contribution in [0.4, 0.5) is 10.8 Å². The van der Waals surface area contributed by atoms with Gasteiger partial charge >= 0.3 is 0 Å². The molecule has 1 aromatic heterocycles. The van der Waals surface area contributed by atoms with E-state index in [-0.39, 0.29) is 24.5 Å². The first-order valence-corrected chi connectivity index (χ1v) is 8.52. The van der Waals surface area contributed by atoms with Crippen molar-refractivity contribution in [3.63, 3.8) is 0 Å². The fourth-order valence-electron chi connectivity index (χ4n) is 2.68. The molecule has 0 aliphatic carbocycles. The van der Waals surface area contributed by atoms with Gasteiger partial charge in [-0.15, -0.1) is 11.3 Å². The van der Waals surface area contributed by atoms with E-state index >= 15 is 0 Å². The molecule has 1 fully saturated rings. The van der Waals surface area contributed by atoms with Gasteiger partial charge in [0.2, 0.25) is 0 Å². The fourth-order valence-corrected chi connectivity index (χ4v) is 3.40. The Balaban J connectivity index is 1.51. The molecule has 0 bridgehead atoms. The van der Waals surface area contributed by atoms with Crippen LogP contribution in [-0.2, 0) is 14.3 Å². The standard InChI is InChI=1S/C16H15N3O4S/c20-14-7-23-12-4-3-9(6-10(12)17-14)11-8-24-16(18-11)19-15(21)13-2-1-5-22-13/h3-4,6,8,13H,1-2,5,7H2,(H,17,20)(H,18,19,21). The van der Waals surface area contributed by atoms with Gasteiger partial charge in [-0.05, 0) is 31.0 Å². The quantitative estimate of drug-likeness (QED) is 0.891. The Kier molecular flexibility index (Phi) is 3.91. The van der Waals surface area contributed by atoms with Crippen LogP contribution in [0.5, 0.6) is 5.75 Å². The van der Waals surface area contributed by atoms with Crippen LogP contribution in [0.1, 0.15) is 12.8 Å². The number of amides is 2. The minimum absolute atomic E-state index is 0.0302. The van der Waals surface area contributed by atoms with Crippen LogP contribution in [0.2, 0.25) is 0 Å². The summed E-state index contributed by atoms with van der Waals surface area (Å²) in [7, 11) is 0. The van der Waals surface area contributed by atoms with E-state index in [0.717, 1.165) is 24.1 Å². The highest BCUT2D eigenvalue weighted by Crippen LogP contribution is 2.33. The molecule has 1 aromatic carbocycles. The molecule has 1 saturated heterocycles. The summed E-state index contributed by atoms with van der Waals surface area (Å²) in [5, 5.41) is 7.95. The molecule has 2 aliphatic rings. The lowest BCUT2D eigenvalue weighted by Gasteiger charge is -2.18. The molecule has 1 atom stereocenters. The molecule has 2 amide bonds. The second-order valence-corrected chi connectivity index (χ2v) is 6.43. The number of anilines is 2. The number of rotatable bonds is 3. The number of nitrogens with one attached hydrogen (secondary N) is 2. The van der Waals surface area contributed by atoms with Crippen molar-refractivity contribution >= 4 is 34.0 Å². The minimum atomic E-state index is -0.381. The number of hydrogen-bond donors (Lipinski definition) is 2. The van der Waals surface area contributed by atoms with E-state index in [9.17, 15) is 9.59 Å². The molecule has 8 heteroatoms. The fraction of sp³-hybridized carbons (Fsp3) is 0.312. The van der Waals surface area contributed by atoms with E-state index in [2.05, 4.69) is 15.6 Å². The number of nitrogens with zero attached hydrogens (tertiary/aromatic N) is 1. The van der Waals surface area contributed by atoms with Crippen molar-refractivity contribution in [3.8, 4) is 17.0 Å². The molecular weight excluding hydrogens is 330 g/mol. The zero-order valence-electron chi connectivity index (χ0n) is 12.7. The smallest absolute Gasteiger partial charge is 0.262 e. The summed E-state index contributed by atoms with van der Waals surface area (Å²) in [5.74, 6) is 0.308. The van der Waals surface area contributed by atoms with Gasteiger partial charge in [-0.3, -0.25) is 14.9 Å². The van der Waals surface area contributed by atoms with Gasteiger partial charge in [-0.25, -0.2) is 4.98 Å². The first-order valence-electron chi connectivity index (χ1n) is 7.64. The van der Waals surface area contributed by atoms with Gasteiger partial charge < -0.3 is 14.8 Å². The Labute approximate surface area is 142 Å². The first kappa shape index (κ1) is 15.1. The van der Waals surface area contributed by atoms with E-state index in [1.165, 1.54) is 11.3 Å². The van der Waals surface area contributed by atoms with Crippen molar-refractivity contribution < 1.29 is 19.1 Å². The maximum atomic E-state index is 12.1. The number of carbonyl (C=O) groups excluding carboxylic acids is 2. The van der Waals surface area contributed by atoms with Gasteiger partial charge in [0.25, 0.3) is 11.8 Å². The van der Waals surface area contributed by atoms with Gasteiger partial charge in [0, 0.05) is 17.6 Å². The van der Waals surface area contributed by atoms with E-state index in [1.807, 2.05) is 17.5 Å². The maximum absolute atomic E-state index is 12.1. The molecule has 0 spiro atoms. The molecule has 3 heterocycles. The molecule has 2 aliphatic heterocycles. The number of fused-ring (bicyclic) bond motifs is 1. The molecule has 24 heavy (non-hydrogen) atoms. The number of carbonyl (C=O) groups is 2. The lowest BCUT2D eigenvalue weighted by molar-refractivity contribution is -0.124. The van der Waals surface area contributed by atoms with Gasteiger partial charge in [0.15, 0.2) is 11.7 Å². The van der Waals surface area contributed by atoms with Crippen molar-refractivity contribution in [2.75, 3.05) is 23.8 Å². The van der Waals surface area contributed by atoms with E-state index < -0.39 is 0 Å². The zero-order chi connectivity index (χ0) is 16.5. The molecule has 0 radical (unpaired) electrons. The lowest BCUT2D eigenvalue weighted by atomic mass is 10.1. The Morgan fingerprint density at radius 2 is 2.33 bits per heavy atom. The highest BCUT2D eigenvalue weighted by molar-refractivity contribution is 7.14. The third kappa shape index (κ3) is 2.98. The summed E-state index contributed by atoms with van der Waals surface area (Å²) < 4.78 is 10.7. The number of benzene rings is 1. The van der Waals surface area contributed by atoms with Crippen LogP contribution in [0.15, 0.2) is 23.6 Å². The molecule has 2 aromatic rings. The molecule has 0 saturated carbocycles. The van der Waals surface area contributed by atoms with Crippen LogP contribution < -0.4 is 15.4 Å². The second-order valence-electron chi connectivity index (χ2n) is 5.58. The SMILES string of the molecule is O=C1COc2ccc(-c3csc(NC(=O)C4CCCO4)n3)cc2N1. The summed E-state index contributed by atoms with van der Waals surface area (Å²) in [6, 6.07) is 5.48. The Morgan fingerprint density at radius 3 is 3.17 bits per heavy atom. The summed E-state index contributed by atoms with van der Waals surface area (Å²) in [5.41, 5.74) is 2.19. The van der Waals surface area contributed by atoms with E-state index in [0.29, 0.717) is 23.2 Å². The van der Waals surface area contributed by atoms with Gasteiger partial charge in [0.1, 0.15) is 11.9 Å². The van der Waals surface area contributed by atoms with Gasteiger partial charge in [-0.2, -0.15) is 0 Å². The van der Waals surface area contributed by atoms with Crippen molar-refractivity contribution in [3.05, 3.63) is 23.6 Å². The minimum Gasteiger partial charge on any atom is -0.482 e. The topological polar surface area (TPSA) is 89.5 Å². The predicted octanol–water partition coefficient (Wildman–Crippen LogP) is 2.26. The molecule has 7 nitrogen and oxygen atoms in total. The number of aromatic nitrogens is 1. The van der Waals surface area contributed by atoms with Crippen LogP contribution in [-0.4, -0.2) is 36.1 Å². The van der Waals surface area contributed by atoms with Crippen molar-refractivity contribution in [1.82, 2.24) is 4.98 Å². The van der Waals surface area contributed by atoms with Crippen LogP contribution >= 0.6 is 11.3 Å². The summed E-state index contributed by atoms with van der Waals surface area (Å²) in [4.78, 5) is 27.9. The number of thiazole rings is 1. The highest BCUT2D eigenvalue weighted by atomic mass is 32.1. The zero-order valence-corrected chi connectivity index (χ0v) is 13.5. The summed E-state index contributed by atoms with van der Waals surface area (Å²) >= 11 is 1.35. The highest BCUT2D eigenvalue weighted by Gasteiger charge is 2.24.